The molecule has 1 amide bonds. The highest BCUT2D eigenvalue weighted by molar-refractivity contribution is 7.90. The third-order valence-corrected chi connectivity index (χ3v) is 5.74. The first-order valence-electron chi connectivity index (χ1n) is 7.50. The second-order valence-corrected chi connectivity index (χ2v) is 12.2. The summed E-state index contributed by atoms with van der Waals surface area (Å²) >= 11 is 0. The quantitative estimate of drug-likeness (QED) is 0.588. The van der Waals surface area contributed by atoms with Gasteiger partial charge in [0.1, 0.15) is 12.7 Å². The molecule has 1 aromatic carbocycles. The maximum Gasteiger partial charge on any atom is 0.415 e. The maximum atomic E-state index is 12.7. The fraction of sp³-hybridized carbons (Fsp3) is 0.471. The lowest BCUT2D eigenvalue weighted by molar-refractivity contribution is 0.0585. The Morgan fingerprint density at radius 2 is 1.88 bits per heavy atom. The van der Waals surface area contributed by atoms with Crippen molar-refractivity contribution in [1.29, 1.82) is 0 Å². The van der Waals surface area contributed by atoms with Gasteiger partial charge in [-0.2, -0.15) is 0 Å². The molecule has 1 rings (SSSR count). The van der Waals surface area contributed by atoms with Crippen LogP contribution in [0.2, 0.25) is 0 Å². The summed E-state index contributed by atoms with van der Waals surface area (Å²) in [5.41, 5.74) is -0.452. The Morgan fingerprint density at radius 3 is 2.28 bits per heavy atom. The summed E-state index contributed by atoms with van der Waals surface area (Å²) in [5.74, 6) is 2.37. The van der Waals surface area contributed by atoms with Gasteiger partial charge < -0.3 is 9.30 Å². The number of terminal acetylenes is 1. The van der Waals surface area contributed by atoms with Gasteiger partial charge in [0.05, 0.1) is 17.1 Å². The normalized spacial score (nSPS) is 12.4. The number of carbonyl (C=O) groups is 1. The van der Waals surface area contributed by atoms with E-state index in [9.17, 15) is 17.8 Å². The number of nitrogens with zero attached hydrogens (tertiary/aromatic N) is 1. The number of rotatable bonds is 4. The van der Waals surface area contributed by atoms with E-state index in [1.54, 1.807) is 20.8 Å². The van der Waals surface area contributed by atoms with Gasteiger partial charge in [0, 0.05) is 11.6 Å². The predicted molar refractivity (Wildman–Crippen MR) is 101 cm³/mol. The Bertz CT molecular complexity index is 856. The zero-order chi connectivity index (χ0) is 19.6. The standard InChI is InChI=1S/C17H24NO5PS/c1-8-11-18(16(19)23-17(2,3)4)14-10-9-13(25(7,21)22)12-15(14)24(5,6)20/h1,9-10,12H,11H2,2-7H3. The largest absolute Gasteiger partial charge is 0.443 e. The van der Waals surface area contributed by atoms with Gasteiger partial charge in [-0.15, -0.1) is 6.42 Å². The van der Waals surface area contributed by atoms with Crippen molar-refractivity contribution in [3.63, 3.8) is 0 Å². The van der Waals surface area contributed by atoms with Crippen molar-refractivity contribution < 1.29 is 22.5 Å². The minimum absolute atomic E-state index is 0.0278. The molecule has 6 nitrogen and oxygen atoms in total. The highest BCUT2D eigenvalue weighted by atomic mass is 32.2. The van der Waals surface area contributed by atoms with Crippen molar-refractivity contribution in [3.8, 4) is 12.3 Å². The molecule has 0 aliphatic heterocycles. The van der Waals surface area contributed by atoms with Crippen LogP contribution in [-0.4, -0.2) is 46.2 Å². The Morgan fingerprint density at radius 1 is 1.32 bits per heavy atom. The summed E-state index contributed by atoms with van der Waals surface area (Å²) in [6, 6.07) is 4.13. The zero-order valence-electron chi connectivity index (χ0n) is 15.4. The van der Waals surface area contributed by atoms with Crippen LogP contribution in [0.3, 0.4) is 0 Å². The van der Waals surface area contributed by atoms with E-state index in [0.29, 0.717) is 0 Å². The van der Waals surface area contributed by atoms with E-state index >= 15 is 0 Å². The molecule has 0 atom stereocenters. The molecule has 0 bridgehead atoms. The lowest BCUT2D eigenvalue weighted by Gasteiger charge is -2.28. The van der Waals surface area contributed by atoms with E-state index in [2.05, 4.69) is 5.92 Å². The van der Waals surface area contributed by atoms with Crippen LogP contribution in [0.1, 0.15) is 20.8 Å². The second-order valence-electron chi connectivity index (χ2n) is 7.04. The molecule has 1 aromatic rings. The Hall–Kier alpha value is -1.77. The average Bonchev–Trinajstić information content (AvgIpc) is 2.40. The van der Waals surface area contributed by atoms with E-state index in [1.165, 1.54) is 36.4 Å². The molecule has 0 aliphatic rings. The van der Waals surface area contributed by atoms with Crippen molar-refractivity contribution in [2.75, 3.05) is 31.0 Å². The van der Waals surface area contributed by atoms with Gasteiger partial charge >= 0.3 is 6.09 Å². The maximum absolute atomic E-state index is 12.7. The molecule has 0 spiro atoms. The second kappa shape index (κ2) is 7.23. The predicted octanol–water partition coefficient (Wildman–Crippen LogP) is 2.71. The number of carbonyl (C=O) groups excluding carboxylic acids is 1. The first-order valence-corrected chi connectivity index (χ1v) is 12.0. The monoisotopic (exact) mass is 385 g/mol. The van der Waals surface area contributed by atoms with Gasteiger partial charge in [0.25, 0.3) is 0 Å². The first kappa shape index (κ1) is 21.3. The van der Waals surface area contributed by atoms with E-state index in [0.717, 1.165) is 6.26 Å². The minimum Gasteiger partial charge on any atom is -0.443 e. The van der Waals surface area contributed by atoms with E-state index in [-0.39, 0.29) is 22.4 Å². The van der Waals surface area contributed by atoms with Crippen LogP contribution in [-0.2, 0) is 19.1 Å². The molecule has 0 aliphatic carbocycles. The molecule has 0 N–H and O–H groups in total. The molecule has 0 radical (unpaired) electrons. The molecule has 0 fully saturated rings. The van der Waals surface area contributed by atoms with Gasteiger partial charge in [0.2, 0.25) is 0 Å². The van der Waals surface area contributed by atoms with E-state index in [4.69, 9.17) is 11.2 Å². The van der Waals surface area contributed by atoms with Crippen LogP contribution in [0.25, 0.3) is 0 Å². The minimum atomic E-state index is -3.49. The highest BCUT2D eigenvalue weighted by Crippen LogP contribution is 2.39. The van der Waals surface area contributed by atoms with E-state index in [1.807, 2.05) is 0 Å². The fourth-order valence-corrected chi connectivity index (χ4v) is 3.98. The van der Waals surface area contributed by atoms with Crippen molar-refractivity contribution in [1.82, 2.24) is 0 Å². The van der Waals surface area contributed by atoms with Crippen molar-refractivity contribution >= 4 is 34.1 Å². The van der Waals surface area contributed by atoms with Crippen LogP contribution in [0, 0.1) is 12.3 Å². The Labute approximate surface area is 149 Å². The third-order valence-electron chi connectivity index (χ3n) is 3.11. The molecule has 0 unspecified atom stereocenters. The summed E-state index contributed by atoms with van der Waals surface area (Å²) in [7, 11) is -6.39. The van der Waals surface area contributed by atoms with Crippen LogP contribution >= 0.6 is 7.14 Å². The number of hydrogen-bond donors (Lipinski definition) is 0. The van der Waals surface area contributed by atoms with E-state index < -0.39 is 28.7 Å². The SMILES string of the molecule is C#CCN(C(=O)OC(C)(C)C)c1ccc(S(C)(=O)=O)cc1P(C)(C)=O. The van der Waals surface area contributed by atoms with Crippen molar-refractivity contribution in [3.05, 3.63) is 18.2 Å². The molecule has 0 heterocycles. The molecular formula is C17H24NO5PS. The van der Waals surface area contributed by atoms with Crippen LogP contribution in [0.5, 0.6) is 0 Å². The Balaban J connectivity index is 3.58. The van der Waals surface area contributed by atoms with Crippen LogP contribution in [0.4, 0.5) is 10.5 Å². The first-order chi connectivity index (χ1) is 11.2. The summed E-state index contributed by atoms with van der Waals surface area (Å²) in [4.78, 5) is 13.7. The van der Waals surface area contributed by atoms with Crippen molar-refractivity contribution in [2.45, 2.75) is 31.3 Å². The number of sulfone groups is 1. The summed E-state index contributed by atoms with van der Waals surface area (Å²) in [5, 5.41) is 0.261. The lowest BCUT2D eigenvalue weighted by atomic mass is 10.2. The smallest absolute Gasteiger partial charge is 0.415 e. The van der Waals surface area contributed by atoms with Gasteiger partial charge in [-0.1, -0.05) is 5.92 Å². The molecule has 138 valence electrons. The number of benzene rings is 1. The summed E-state index contributed by atoms with van der Waals surface area (Å²) in [6.45, 7) is 8.06. The number of anilines is 1. The summed E-state index contributed by atoms with van der Waals surface area (Å²) < 4.78 is 41.7. The fourth-order valence-electron chi connectivity index (χ4n) is 2.05. The molecule has 25 heavy (non-hydrogen) atoms. The molecule has 0 saturated heterocycles. The lowest BCUT2D eigenvalue weighted by Crippen LogP contribution is -2.39. The number of hydrogen-bond acceptors (Lipinski definition) is 5. The van der Waals surface area contributed by atoms with Crippen LogP contribution < -0.4 is 10.2 Å². The zero-order valence-corrected chi connectivity index (χ0v) is 17.1. The Kier molecular flexibility index (Phi) is 6.15. The number of ether oxygens (including phenoxy) is 1. The molecule has 0 aromatic heterocycles. The molecular weight excluding hydrogens is 361 g/mol. The summed E-state index contributed by atoms with van der Waals surface area (Å²) in [6.07, 6.45) is 5.74. The highest BCUT2D eigenvalue weighted by Gasteiger charge is 2.28. The van der Waals surface area contributed by atoms with Crippen LogP contribution in [0.15, 0.2) is 23.1 Å². The molecule has 8 heteroatoms. The van der Waals surface area contributed by atoms with Gasteiger partial charge in [-0.25, -0.2) is 13.2 Å². The number of amides is 1. The molecule has 0 saturated carbocycles. The van der Waals surface area contributed by atoms with Crippen molar-refractivity contribution in [2.24, 2.45) is 0 Å². The van der Waals surface area contributed by atoms with Gasteiger partial charge in [0.15, 0.2) is 9.84 Å². The van der Waals surface area contributed by atoms with Gasteiger partial charge in [-0.05, 0) is 52.3 Å². The van der Waals surface area contributed by atoms with Gasteiger partial charge in [-0.3, -0.25) is 4.90 Å². The topological polar surface area (TPSA) is 80.8 Å². The third kappa shape index (κ3) is 5.91. The average molecular weight is 385 g/mol.